The fourth-order valence-corrected chi connectivity index (χ4v) is 4.74. The van der Waals surface area contributed by atoms with Gasteiger partial charge in [-0.25, -0.2) is 8.42 Å². The second-order valence-electron chi connectivity index (χ2n) is 9.14. The van der Waals surface area contributed by atoms with Crippen LogP contribution in [0, 0.1) is 0 Å². The normalized spacial score (nSPS) is 13.1. The molecule has 0 saturated carbocycles. The molecule has 0 atom stereocenters. The lowest BCUT2D eigenvalue weighted by molar-refractivity contribution is 0.0979. The van der Waals surface area contributed by atoms with Gasteiger partial charge >= 0.3 is 0 Å². The molecule has 0 amide bonds. The molecule has 3 aromatic rings. The number of hydrogen-bond donors (Lipinski definition) is 2. The van der Waals surface area contributed by atoms with Crippen LogP contribution < -0.4 is 10.5 Å². The first kappa shape index (κ1) is 24.3. The van der Waals surface area contributed by atoms with Crippen LogP contribution in [0.4, 0.5) is 11.4 Å². The minimum atomic E-state index is -3.90. The summed E-state index contributed by atoms with van der Waals surface area (Å²) in [6.07, 6.45) is 0. The van der Waals surface area contributed by atoms with Gasteiger partial charge in [-0.2, -0.15) is 0 Å². The summed E-state index contributed by atoms with van der Waals surface area (Å²) in [6.45, 7) is 7.03. The van der Waals surface area contributed by atoms with Crippen LogP contribution in [0.2, 0.25) is 0 Å². The van der Waals surface area contributed by atoms with Gasteiger partial charge in [0.1, 0.15) is 0 Å². The Morgan fingerprint density at radius 1 is 0.857 bits per heavy atom. The van der Waals surface area contributed by atoms with Crippen molar-refractivity contribution in [2.24, 2.45) is 0 Å². The van der Waals surface area contributed by atoms with Crippen molar-refractivity contribution < 1.29 is 22.8 Å². The molecule has 0 spiro atoms. The third-order valence-corrected chi connectivity index (χ3v) is 7.94. The van der Waals surface area contributed by atoms with Crippen molar-refractivity contribution in [3.63, 3.8) is 0 Å². The average molecular weight is 491 g/mol. The molecule has 0 radical (unpaired) electrons. The van der Waals surface area contributed by atoms with Crippen molar-refractivity contribution in [2.45, 2.75) is 38.9 Å². The topological polar surface area (TPSA) is 123 Å². The number of carbonyl (C=O) groups excluding carboxylic acids is 3. The van der Waals surface area contributed by atoms with E-state index in [9.17, 15) is 22.8 Å². The van der Waals surface area contributed by atoms with Crippen LogP contribution in [0.15, 0.2) is 54.6 Å². The molecule has 8 heteroatoms. The molecule has 0 saturated heterocycles. The molecule has 0 unspecified atom stereocenters. The van der Waals surface area contributed by atoms with Crippen molar-refractivity contribution in [1.29, 1.82) is 0 Å². The van der Waals surface area contributed by atoms with E-state index in [0.717, 1.165) is 5.56 Å². The molecule has 1 aliphatic rings. The van der Waals surface area contributed by atoms with E-state index >= 15 is 0 Å². The summed E-state index contributed by atoms with van der Waals surface area (Å²) in [6, 6.07) is 14.5. The molecule has 3 aromatic carbocycles. The summed E-state index contributed by atoms with van der Waals surface area (Å²) in [7, 11) is -3.90. The molecule has 4 rings (SSSR count). The van der Waals surface area contributed by atoms with Crippen molar-refractivity contribution >= 4 is 38.7 Å². The molecule has 0 heterocycles. The summed E-state index contributed by atoms with van der Waals surface area (Å²) in [4.78, 5) is 40.3. The van der Waals surface area contributed by atoms with E-state index in [1.807, 2.05) is 26.0 Å². The number of carbonyl (C=O) groups is 3. The Morgan fingerprint density at radius 3 is 1.91 bits per heavy atom. The molecular weight excluding hydrogens is 464 g/mol. The van der Waals surface area contributed by atoms with Crippen LogP contribution in [0.3, 0.4) is 0 Å². The number of nitrogens with two attached hydrogens (primary N) is 1. The van der Waals surface area contributed by atoms with Gasteiger partial charge in [-0.1, -0.05) is 62.4 Å². The van der Waals surface area contributed by atoms with Crippen molar-refractivity contribution in [3.8, 4) is 0 Å². The van der Waals surface area contributed by atoms with Crippen molar-refractivity contribution in [1.82, 2.24) is 0 Å². The lowest BCUT2D eigenvalue weighted by Crippen LogP contribution is -2.28. The zero-order chi connectivity index (χ0) is 25.7. The Kier molecular flexibility index (Phi) is 6.11. The van der Waals surface area contributed by atoms with Crippen LogP contribution >= 0.6 is 0 Å². The van der Waals surface area contributed by atoms with Gasteiger partial charge in [0, 0.05) is 22.3 Å². The second kappa shape index (κ2) is 8.78. The molecule has 0 bridgehead atoms. The van der Waals surface area contributed by atoms with Crippen LogP contribution in [0.5, 0.6) is 0 Å². The smallest absolute Gasteiger partial charge is 0.235 e. The first-order valence-electron chi connectivity index (χ1n) is 11.2. The SMILES string of the molecule is CC(C)c1ccc(C(=O)c2cc(NS(=O)(=O)C(C)C)c3c(c2N)C(=O)c2ccccc2C3=O)cc1. The monoisotopic (exact) mass is 490 g/mol. The van der Waals surface area contributed by atoms with E-state index in [2.05, 4.69) is 4.72 Å². The Bertz CT molecular complexity index is 1490. The Balaban J connectivity index is 1.96. The number of fused-ring (bicyclic) bond motifs is 2. The molecule has 0 aromatic heterocycles. The Labute approximate surface area is 204 Å². The number of nitrogens with one attached hydrogen (secondary N) is 1. The van der Waals surface area contributed by atoms with E-state index < -0.39 is 32.6 Å². The van der Waals surface area contributed by atoms with E-state index in [0.29, 0.717) is 5.56 Å². The fourth-order valence-electron chi connectivity index (χ4n) is 4.03. The molecular formula is C27H26N2O5S. The van der Waals surface area contributed by atoms with E-state index in [1.54, 1.807) is 24.3 Å². The molecule has 35 heavy (non-hydrogen) atoms. The zero-order valence-corrected chi connectivity index (χ0v) is 20.7. The Hall–Kier alpha value is -3.78. The maximum atomic E-state index is 13.5. The van der Waals surface area contributed by atoms with E-state index in [1.165, 1.54) is 32.0 Å². The summed E-state index contributed by atoms with van der Waals surface area (Å²) in [5.41, 5.74) is 7.36. The highest BCUT2D eigenvalue weighted by atomic mass is 32.2. The van der Waals surface area contributed by atoms with Crippen LogP contribution in [-0.2, 0) is 10.0 Å². The number of anilines is 2. The van der Waals surface area contributed by atoms with Crippen molar-refractivity contribution in [2.75, 3.05) is 10.5 Å². The van der Waals surface area contributed by atoms with Gasteiger partial charge in [-0.05, 0) is 31.4 Å². The highest BCUT2D eigenvalue weighted by Gasteiger charge is 2.36. The maximum absolute atomic E-state index is 13.5. The number of ketones is 3. The molecule has 0 fully saturated rings. The lowest BCUT2D eigenvalue weighted by atomic mass is 9.80. The van der Waals surface area contributed by atoms with Gasteiger partial charge in [0.05, 0.1) is 27.8 Å². The second-order valence-corrected chi connectivity index (χ2v) is 11.4. The van der Waals surface area contributed by atoms with Gasteiger partial charge < -0.3 is 5.73 Å². The maximum Gasteiger partial charge on any atom is 0.235 e. The number of nitrogen functional groups attached to an aromatic ring is 1. The van der Waals surface area contributed by atoms with Gasteiger partial charge in [0.25, 0.3) is 0 Å². The fraction of sp³-hybridized carbons (Fsp3) is 0.222. The number of sulfonamides is 1. The third-order valence-electron chi connectivity index (χ3n) is 6.19. The van der Waals surface area contributed by atoms with E-state index in [-0.39, 0.29) is 45.1 Å². The molecule has 0 aliphatic heterocycles. The highest BCUT2D eigenvalue weighted by Crippen LogP contribution is 2.39. The first-order chi connectivity index (χ1) is 16.4. The number of benzene rings is 3. The van der Waals surface area contributed by atoms with Gasteiger partial charge in [0.15, 0.2) is 17.3 Å². The molecule has 180 valence electrons. The van der Waals surface area contributed by atoms with Crippen molar-refractivity contribution in [3.05, 3.63) is 93.5 Å². The predicted molar refractivity (Wildman–Crippen MR) is 136 cm³/mol. The standard InChI is InChI=1S/C27H26N2O5S/c1-14(2)16-9-11-17(12-10-16)25(30)20-13-21(29-35(33,34)15(3)4)22-23(24(20)28)27(32)19-8-6-5-7-18(19)26(22)31/h5-15,29H,28H2,1-4H3. The largest absolute Gasteiger partial charge is 0.398 e. The summed E-state index contributed by atoms with van der Waals surface area (Å²) in [5.74, 6) is -1.29. The Morgan fingerprint density at radius 2 is 1.40 bits per heavy atom. The van der Waals surface area contributed by atoms with Gasteiger partial charge in [-0.3, -0.25) is 19.1 Å². The van der Waals surface area contributed by atoms with Crippen LogP contribution in [0.1, 0.15) is 86.9 Å². The third kappa shape index (κ3) is 4.14. The highest BCUT2D eigenvalue weighted by molar-refractivity contribution is 7.93. The minimum Gasteiger partial charge on any atom is -0.398 e. The number of rotatable bonds is 6. The zero-order valence-electron chi connectivity index (χ0n) is 19.9. The van der Waals surface area contributed by atoms with Gasteiger partial charge in [-0.15, -0.1) is 0 Å². The van der Waals surface area contributed by atoms with E-state index in [4.69, 9.17) is 5.73 Å². The van der Waals surface area contributed by atoms with Crippen LogP contribution in [0.25, 0.3) is 0 Å². The summed E-state index contributed by atoms with van der Waals surface area (Å²) >= 11 is 0. The van der Waals surface area contributed by atoms with Crippen LogP contribution in [-0.4, -0.2) is 31.0 Å². The summed E-state index contributed by atoms with van der Waals surface area (Å²) < 4.78 is 27.9. The average Bonchev–Trinajstić information content (AvgIpc) is 2.82. The van der Waals surface area contributed by atoms with Gasteiger partial charge in [0.2, 0.25) is 10.0 Å². The lowest BCUT2D eigenvalue weighted by Gasteiger charge is -2.24. The quantitative estimate of drug-likeness (QED) is 0.302. The molecule has 1 aliphatic carbocycles. The number of hydrogen-bond acceptors (Lipinski definition) is 6. The first-order valence-corrected chi connectivity index (χ1v) is 12.8. The predicted octanol–water partition coefficient (Wildman–Crippen LogP) is 4.55. The summed E-state index contributed by atoms with van der Waals surface area (Å²) in [5, 5.41) is -0.819. The molecule has 7 nitrogen and oxygen atoms in total. The minimum absolute atomic E-state index is 0.0527. The molecule has 3 N–H and O–H groups in total.